The molecule has 8 nitrogen and oxygen atoms in total. The molecule has 0 saturated heterocycles. The summed E-state index contributed by atoms with van der Waals surface area (Å²) in [4.78, 5) is 52.6. The van der Waals surface area contributed by atoms with Crippen LogP contribution in [0.25, 0.3) is 0 Å². The first-order chi connectivity index (χ1) is 17.0. The normalized spacial score (nSPS) is 13.3. The van der Waals surface area contributed by atoms with Gasteiger partial charge in [0.15, 0.2) is 0 Å². The Morgan fingerprint density at radius 2 is 1.43 bits per heavy atom. The largest absolute Gasteiger partial charge is 0.460 e. The first-order valence-electron chi connectivity index (χ1n) is 11.1. The van der Waals surface area contributed by atoms with Crippen molar-refractivity contribution in [3.05, 3.63) is 101 Å². The molecule has 1 N–H and O–H groups in total. The van der Waals surface area contributed by atoms with Crippen molar-refractivity contribution in [2.45, 2.75) is 12.5 Å². The summed E-state index contributed by atoms with van der Waals surface area (Å²) in [6.07, 6.45) is 0.155. The SMILES string of the molecule is COCCOC(=O)c1ccc(NC(=O)C(Cc2ccccc2)N2C(=O)c3ccccc3C2=O)cc1. The minimum absolute atomic E-state index is 0.134. The van der Waals surface area contributed by atoms with E-state index in [1.54, 1.807) is 36.4 Å². The summed E-state index contributed by atoms with van der Waals surface area (Å²) in [5.74, 6) is -2.03. The van der Waals surface area contributed by atoms with Gasteiger partial charge in [-0.1, -0.05) is 42.5 Å². The molecule has 3 aromatic rings. The average Bonchev–Trinajstić information content (AvgIpc) is 3.13. The molecule has 1 unspecified atom stereocenters. The van der Waals surface area contributed by atoms with E-state index in [4.69, 9.17) is 9.47 Å². The van der Waals surface area contributed by atoms with Gasteiger partial charge in [0.2, 0.25) is 5.91 Å². The Labute approximate surface area is 202 Å². The summed E-state index contributed by atoms with van der Waals surface area (Å²) in [6.45, 7) is 0.426. The van der Waals surface area contributed by atoms with Crippen molar-refractivity contribution in [2.24, 2.45) is 0 Å². The second kappa shape index (κ2) is 10.8. The summed E-state index contributed by atoms with van der Waals surface area (Å²) in [7, 11) is 1.51. The number of hydrogen-bond acceptors (Lipinski definition) is 6. The summed E-state index contributed by atoms with van der Waals surface area (Å²) in [5.41, 5.74) is 2.09. The highest BCUT2D eigenvalue weighted by molar-refractivity contribution is 6.23. The smallest absolute Gasteiger partial charge is 0.338 e. The van der Waals surface area contributed by atoms with Crippen LogP contribution in [0.1, 0.15) is 36.6 Å². The molecule has 0 spiro atoms. The van der Waals surface area contributed by atoms with Crippen molar-refractivity contribution in [1.82, 2.24) is 4.90 Å². The van der Waals surface area contributed by atoms with Crippen molar-refractivity contribution in [1.29, 1.82) is 0 Å². The third-order valence-corrected chi connectivity index (χ3v) is 5.62. The van der Waals surface area contributed by atoms with E-state index >= 15 is 0 Å². The van der Waals surface area contributed by atoms with Crippen LogP contribution in [0.3, 0.4) is 0 Å². The van der Waals surface area contributed by atoms with Gasteiger partial charge in [-0.2, -0.15) is 0 Å². The standard InChI is InChI=1S/C27H24N2O6/c1-34-15-16-35-27(33)19-11-13-20(14-12-19)28-24(30)23(17-18-7-3-2-4-8-18)29-25(31)21-9-5-6-10-22(21)26(29)32/h2-14,23H,15-17H2,1H3,(H,28,30). The summed E-state index contributed by atoms with van der Waals surface area (Å²) in [6, 6.07) is 20.8. The highest BCUT2D eigenvalue weighted by Crippen LogP contribution is 2.26. The molecule has 0 fully saturated rings. The van der Waals surface area contributed by atoms with Crippen molar-refractivity contribution >= 4 is 29.4 Å². The van der Waals surface area contributed by atoms with E-state index in [2.05, 4.69) is 5.32 Å². The highest BCUT2D eigenvalue weighted by Gasteiger charge is 2.42. The molecule has 0 bridgehead atoms. The molecule has 1 aliphatic rings. The van der Waals surface area contributed by atoms with Crippen LogP contribution >= 0.6 is 0 Å². The third-order valence-electron chi connectivity index (χ3n) is 5.62. The second-order valence-electron chi connectivity index (χ2n) is 7.93. The van der Waals surface area contributed by atoms with E-state index in [0.717, 1.165) is 10.5 Å². The molecule has 1 aliphatic heterocycles. The quantitative estimate of drug-likeness (QED) is 0.291. The average molecular weight is 472 g/mol. The molecule has 8 heteroatoms. The number of fused-ring (bicyclic) bond motifs is 1. The molecule has 35 heavy (non-hydrogen) atoms. The summed E-state index contributed by atoms with van der Waals surface area (Å²) < 4.78 is 9.94. The van der Waals surface area contributed by atoms with Gasteiger partial charge in [-0.3, -0.25) is 19.3 Å². The molecule has 1 atom stereocenters. The fourth-order valence-electron chi connectivity index (χ4n) is 3.85. The Morgan fingerprint density at radius 3 is 2.03 bits per heavy atom. The van der Waals surface area contributed by atoms with Crippen molar-refractivity contribution in [3.63, 3.8) is 0 Å². The van der Waals surface area contributed by atoms with Gasteiger partial charge in [-0.25, -0.2) is 4.79 Å². The number of rotatable bonds is 9. The molecule has 178 valence electrons. The van der Waals surface area contributed by atoms with Crippen LogP contribution in [0, 0.1) is 0 Å². The number of anilines is 1. The van der Waals surface area contributed by atoms with E-state index < -0.39 is 29.7 Å². The maximum absolute atomic E-state index is 13.4. The molecule has 0 aromatic heterocycles. The van der Waals surface area contributed by atoms with Gasteiger partial charge in [0.1, 0.15) is 12.6 Å². The van der Waals surface area contributed by atoms with E-state index in [-0.39, 0.29) is 24.2 Å². The maximum Gasteiger partial charge on any atom is 0.338 e. The molecule has 0 saturated carbocycles. The van der Waals surface area contributed by atoms with Crippen molar-refractivity contribution in [2.75, 3.05) is 25.6 Å². The topological polar surface area (TPSA) is 102 Å². The van der Waals surface area contributed by atoms with Crippen LogP contribution in [0.4, 0.5) is 5.69 Å². The molecular formula is C27H24N2O6. The number of ether oxygens (including phenoxy) is 2. The molecule has 0 aliphatic carbocycles. The predicted octanol–water partition coefficient (Wildman–Crippen LogP) is 3.34. The summed E-state index contributed by atoms with van der Waals surface area (Å²) in [5, 5.41) is 2.77. The molecular weight excluding hydrogens is 448 g/mol. The van der Waals surface area contributed by atoms with Gasteiger partial charge < -0.3 is 14.8 Å². The second-order valence-corrected chi connectivity index (χ2v) is 7.93. The zero-order valence-electron chi connectivity index (χ0n) is 19.1. The lowest BCUT2D eigenvalue weighted by Gasteiger charge is -2.25. The van der Waals surface area contributed by atoms with E-state index in [1.807, 2.05) is 30.3 Å². The van der Waals surface area contributed by atoms with Crippen LogP contribution in [-0.4, -0.2) is 55.0 Å². The van der Waals surface area contributed by atoms with Gasteiger partial charge >= 0.3 is 5.97 Å². The zero-order chi connectivity index (χ0) is 24.8. The van der Waals surface area contributed by atoms with E-state index in [0.29, 0.717) is 17.9 Å². The van der Waals surface area contributed by atoms with Gasteiger partial charge in [0.25, 0.3) is 11.8 Å². The predicted molar refractivity (Wildman–Crippen MR) is 128 cm³/mol. The minimum atomic E-state index is -1.07. The number of benzene rings is 3. The van der Waals surface area contributed by atoms with Gasteiger partial charge in [0.05, 0.1) is 23.3 Å². The maximum atomic E-state index is 13.4. The highest BCUT2D eigenvalue weighted by atomic mass is 16.6. The molecule has 3 amide bonds. The zero-order valence-corrected chi connectivity index (χ0v) is 19.1. The monoisotopic (exact) mass is 472 g/mol. The number of esters is 1. The van der Waals surface area contributed by atoms with Gasteiger partial charge in [-0.05, 0) is 42.0 Å². The Bertz CT molecular complexity index is 1210. The number of nitrogens with one attached hydrogen (secondary N) is 1. The number of imide groups is 1. The number of carbonyl (C=O) groups is 4. The number of carbonyl (C=O) groups excluding carboxylic acids is 4. The van der Waals surface area contributed by atoms with E-state index in [1.165, 1.54) is 19.2 Å². The minimum Gasteiger partial charge on any atom is -0.460 e. The lowest BCUT2D eigenvalue weighted by Crippen LogP contribution is -2.48. The number of amides is 3. The van der Waals surface area contributed by atoms with Crippen LogP contribution in [0.2, 0.25) is 0 Å². The first kappa shape index (κ1) is 23.8. The van der Waals surface area contributed by atoms with Gasteiger partial charge in [0, 0.05) is 19.2 Å². The first-order valence-corrected chi connectivity index (χ1v) is 11.1. The number of methoxy groups -OCH3 is 1. The summed E-state index contributed by atoms with van der Waals surface area (Å²) >= 11 is 0. The van der Waals surface area contributed by atoms with Crippen molar-refractivity contribution < 1.29 is 28.7 Å². The van der Waals surface area contributed by atoms with Crippen LogP contribution in [-0.2, 0) is 20.7 Å². The fraction of sp³-hybridized carbons (Fsp3) is 0.185. The van der Waals surface area contributed by atoms with E-state index in [9.17, 15) is 19.2 Å². The van der Waals surface area contributed by atoms with Crippen LogP contribution in [0.5, 0.6) is 0 Å². The Hall–Kier alpha value is -4.30. The Kier molecular flexibility index (Phi) is 7.32. The Morgan fingerprint density at radius 1 is 0.829 bits per heavy atom. The molecule has 1 heterocycles. The molecule has 3 aromatic carbocycles. The third kappa shape index (κ3) is 5.28. The van der Waals surface area contributed by atoms with Gasteiger partial charge in [-0.15, -0.1) is 0 Å². The molecule has 0 radical (unpaired) electrons. The lowest BCUT2D eigenvalue weighted by molar-refractivity contribution is -0.119. The number of hydrogen-bond donors (Lipinski definition) is 1. The van der Waals surface area contributed by atoms with Crippen LogP contribution in [0.15, 0.2) is 78.9 Å². The van der Waals surface area contributed by atoms with Crippen LogP contribution < -0.4 is 5.32 Å². The lowest BCUT2D eigenvalue weighted by atomic mass is 10.0. The van der Waals surface area contributed by atoms with Crippen molar-refractivity contribution in [3.8, 4) is 0 Å². The number of nitrogens with zero attached hydrogens (tertiary/aromatic N) is 1. The Balaban J connectivity index is 1.54. The molecule has 4 rings (SSSR count). The fourth-order valence-corrected chi connectivity index (χ4v) is 3.85.